The number of anilines is 1. The Balaban J connectivity index is 2.17. The number of thiazole rings is 1. The Kier molecular flexibility index (Phi) is 4.02. The zero-order valence-corrected chi connectivity index (χ0v) is 13.1. The summed E-state index contributed by atoms with van der Waals surface area (Å²) in [5.41, 5.74) is 0.874. The van der Waals surface area contributed by atoms with E-state index in [9.17, 15) is 4.79 Å². The molecule has 100 valence electrons. The minimum Gasteiger partial charge on any atom is -0.347 e. The van der Waals surface area contributed by atoms with E-state index < -0.39 is 0 Å². The third kappa shape index (κ3) is 3.06. The van der Waals surface area contributed by atoms with Crippen molar-refractivity contribution in [3.8, 4) is 0 Å². The molecule has 0 amide bonds. The Bertz CT molecular complexity index is 454. The minimum atomic E-state index is 0.126. The molecule has 2 rings (SSSR count). The molecule has 2 heterocycles. The van der Waals surface area contributed by atoms with Gasteiger partial charge >= 0.3 is 0 Å². The second-order valence-electron chi connectivity index (χ2n) is 5.31. The summed E-state index contributed by atoms with van der Waals surface area (Å²) in [5, 5.41) is 1.01. The van der Waals surface area contributed by atoms with Crippen LogP contribution < -0.4 is 4.90 Å². The summed E-state index contributed by atoms with van der Waals surface area (Å²) in [6, 6.07) is 0. The van der Waals surface area contributed by atoms with Crippen LogP contribution in [0.2, 0.25) is 0 Å². The molecule has 0 radical (unpaired) electrons. The molecule has 0 aliphatic carbocycles. The number of thioether (sulfide) groups is 1. The first-order valence-electron chi connectivity index (χ1n) is 6.26. The van der Waals surface area contributed by atoms with Crippen LogP contribution in [-0.2, 0) is 0 Å². The molecule has 5 heteroatoms. The minimum absolute atomic E-state index is 0.126. The van der Waals surface area contributed by atoms with Crippen molar-refractivity contribution in [2.75, 3.05) is 23.7 Å². The second-order valence-corrected chi connectivity index (χ2v) is 8.09. The molecule has 18 heavy (non-hydrogen) atoms. The molecule has 1 aliphatic heterocycles. The summed E-state index contributed by atoms with van der Waals surface area (Å²) in [6.07, 6.45) is 1.16. The number of carbonyl (C=O) groups excluding carboxylic acids is 1. The number of hydrogen-bond donors (Lipinski definition) is 0. The zero-order valence-electron chi connectivity index (χ0n) is 11.4. The quantitative estimate of drug-likeness (QED) is 0.780. The number of ketones is 1. The monoisotopic (exact) mass is 284 g/mol. The number of nitrogens with zero attached hydrogens (tertiary/aromatic N) is 2. The van der Waals surface area contributed by atoms with Crippen LogP contribution in [0.25, 0.3) is 0 Å². The highest BCUT2D eigenvalue weighted by Crippen LogP contribution is 2.34. The van der Waals surface area contributed by atoms with Crippen molar-refractivity contribution in [3.63, 3.8) is 0 Å². The number of rotatable bonds is 2. The molecule has 1 aliphatic rings. The molecular weight excluding hydrogens is 264 g/mol. The lowest BCUT2D eigenvalue weighted by Gasteiger charge is -2.22. The first kappa shape index (κ1) is 13.9. The standard InChI is InChI=1S/C13H20N2OS2/c1-9-11(10(2)16)18-12(14-9)15-6-5-13(3,4)17-8-7-15/h5-8H2,1-4H3. The van der Waals surface area contributed by atoms with E-state index >= 15 is 0 Å². The van der Waals surface area contributed by atoms with E-state index in [0.717, 1.165) is 41.0 Å². The van der Waals surface area contributed by atoms with E-state index in [1.54, 1.807) is 6.92 Å². The third-order valence-electron chi connectivity index (χ3n) is 3.21. The molecule has 1 aromatic heterocycles. The van der Waals surface area contributed by atoms with Gasteiger partial charge in [0, 0.05) is 30.5 Å². The van der Waals surface area contributed by atoms with Gasteiger partial charge in [-0.2, -0.15) is 11.8 Å². The summed E-state index contributed by atoms with van der Waals surface area (Å²) in [7, 11) is 0. The fraction of sp³-hybridized carbons (Fsp3) is 0.692. The van der Waals surface area contributed by atoms with Crippen LogP contribution in [0.3, 0.4) is 0 Å². The second kappa shape index (κ2) is 5.21. The Morgan fingerprint density at radius 2 is 2.11 bits per heavy atom. The van der Waals surface area contributed by atoms with Gasteiger partial charge in [0.2, 0.25) is 0 Å². The fourth-order valence-electron chi connectivity index (χ4n) is 2.06. The molecule has 3 nitrogen and oxygen atoms in total. The first-order chi connectivity index (χ1) is 8.39. The van der Waals surface area contributed by atoms with Crippen LogP contribution in [0.1, 0.15) is 42.6 Å². The highest BCUT2D eigenvalue weighted by molar-refractivity contribution is 8.00. The lowest BCUT2D eigenvalue weighted by molar-refractivity contribution is 0.102. The summed E-state index contributed by atoms with van der Waals surface area (Å²) >= 11 is 3.56. The predicted octanol–water partition coefficient (Wildman–Crippen LogP) is 3.38. The maximum Gasteiger partial charge on any atom is 0.186 e. The summed E-state index contributed by atoms with van der Waals surface area (Å²) in [5.74, 6) is 1.25. The summed E-state index contributed by atoms with van der Waals surface area (Å²) in [6.45, 7) is 10.2. The number of aromatic nitrogens is 1. The highest BCUT2D eigenvalue weighted by atomic mass is 32.2. The molecule has 0 N–H and O–H groups in total. The Morgan fingerprint density at radius 3 is 2.72 bits per heavy atom. The van der Waals surface area contributed by atoms with Crippen LogP contribution in [0.4, 0.5) is 5.13 Å². The Hall–Kier alpha value is -0.550. The fourth-order valence-corrected chi connectivity index (χ4v) is 4.17. The van der Waals surface area contributed by atoms with Gasteiger partial charge in [0.25, 0.3) is 0 Å². The van der Waals surface area contributed by atoms with E-state index in [0.29, 0.717) is 4.75 Å². The van der Waals surface area contributed by atoms with Crippen LogP contribution in [-0.4, -0.2) is 34.4 Å². The van der Waals surface area contributed by atoms with Crippen LogP contribution >= 0.6 is 23.1 Å². The van der Waals surface area contributed by atoms with Gasteiger partial charge in [-0.1, -0.05) is 25.2 Å². The molecule has 1 aromatic rings. The van der Waals surface area contributed by atoms with E-state index in [1.807, 2.05) is 18.7 Å². The summed E-state index contributed by atoms with van der Waals surface area (Å²) in [4.78, 5) is 19.2. The number of aryl methyl sites for hydroxylation is 1. The van der Waals surface area contributed by atoms with Crippen molar-refractivity contribution in [2.45, 2.75) is 38.9 Å². The van der Waals surface area contributed by atoms with Gasteiger partial charge in [-0.3, -0.25) is 4.79 Å². The third-order valence-corrected chi connectivity index (χ3v) is 5.90. The van der Waals surface area contributed by atoms with Gasteiger partial charge in [-0.15, -0.1) is 0 Å². The molecule has 0 atom stereocenters. The van der Waals surface area contributed by atoms with Gasteiger partial charge in [0.05, 0.1) is 10.6 Å². The van der Waals surface area contributed by atoms with Gasteiger partial charge in [0.15, 0.2) is 10.9 Å². The van der Waals surface area contributed by atoms with Gasteiger partial charge in [-0.25, -0.2) is 4.98 Å². The van der Waals surface area contributed by atoms with E-state index in [1.165, 1.54) is 11.3 Å². The summed E-state index contributed by atoms with van der Waals surface area (Å²) < 4.78 is 0.352. The van der Waals surface area contributed by atoms with Crippen LogP contribution in [0, 0.1) is 6.92 Å². The van der Waals surface area contributed by atoms with E-state index in [2.05, 4.69) is 23.7 Å². The molecular formula is C13H20N2OS2. The first-order valence-corrected chi connectivity index (χ1v) is 8.06. The van der Waals surface area contributed by atoms with Gasteiger partial charge < -0.3 is 4.90 Å². The molecule has 1 saturated heterocycles. The number of carbonyl (C=O) groups is 1. The topological polar surface area (TPSA) is 33.2 Å². The average Bonchev–Trinajstić information content (AvgIpc) is 2.55. The average molecular weight is 284 g/mol. The maximum absolute atomic E-state index is 11.5. The van der Waals surface area contributed by atoms with E-state index in [4.69, 9.17) is 0 Å². The molecule has 1 fully saturated rings. The van der Waals surface area contributed by atoms with Crippen molar-refractivity contribution in [1.82, 2.24) is 4.98 Å². The lowest BCUT2D eigenvalue weighted by atomic mass is 10.1. The molecule has 0 bridgehead atoms. The van der Waals surface area contributed by atoms with Crippen molar-refractivity contribution in [2.24, 2.45) is 0 Å². The Labute approximate surface area is 117 Å². The van der Waals surface area contributed by atoms with E-state index in [-0.39, 0.29) is 5.78 Å². The van der Waals surface area contributed by atoms with Crippen molar-refractivity contribution < 1.29 is 4.79 Å². The zero-order chi connectivity index (χ0) is 13.3. The SMILES string of the molecule is CC(=O)c1sc(N2CCSC(C)(C)CC2)nc1C. The van der Waals surface area contributed by atoms with Crippen LogP contribution in [0.15, 0.2) is 0 Å². The highest BCUT2D eigenvalue weighted by Gasteiger charge is 2.25. The molecule has 0 saturated carbocycles. The van der Waals surface area contributed by atoms with Crippen molar-refractivity contribution in [1.29, 1.82) is 0 Å². The molecule has 0 spiro atoms. The normalized spacial score (nSPS) is 19.7. The Morgan fingerprint density at radius 1 is 1.39 bits per heavy atom. The number of Topliss-reactive ketones (excluding diaryl/α,β-unsaturated/α-hetero) is 1. The number of hydrogen-bond acceptors (Lipinski definition) is 5. The van der Waals surface area contributed by atoms with Crippen molar-refractivity contribution in [3.05, 3.63) is 10.6 Å². The molecule has 0 aromatic carbocycles. The predicted molar refractivity (Wildman–Crippen MR) is 80.2 cm³/mol. The molecule has 0 unspecified atom stereocenters. The smallest absolute Gasteiger partial charge is 0.186 e. The van der Waals surface area contributed by atoms with Crippen LogP contribution in [0.5, 0.6) is 0 Å². The van der Waals surface area contributed by atoms with Gasteiger partial charge in [-0.05, 0) is 13.3 Å². The van der Waals surface area contributed by atoms with Gasteiger partial charge in [0.1, 0.15) is 0 Å². The lowest BCUT2D eigenvalue weighted by Crippen LogP contribution is -2.26. The van der Waals surface area contributed by atoms with Crippen molar-refractivity contribution >= 4 is 34.0 Å². The largest absolute Gasteiger partial charge is 0.347 e. The maximum atomic E-state index is 11.5.